The summed E-state index contributed by atoms with van der Waals surface area (Å²) in [5, 5.41) is 0. The summed E-state index contributed by atoms with van der Waals surface area (Å²) in [5.41, 5.74) is 2.09. The van der Waals surface area contributed by atoms with Crippen LogP contribution in [-0.4, -0.2) is 36.8 Å². The molecule has 1 aromatic heterocycles. The van der Waals surface area contributed by atoms with E-state index in [1.807, 2.05) is 30.3 Å². The average Bonchev–Trinajstić information content (AvgIpc) is 3.28. The summed E-state index contributed by atoms with van der Waals surface area (Å²) in [7, 11) is -3.64. The molecule has 0 saturated carbocycles. The first kappa shape index (κ1) is 21.3. The lowest BCUT2D eigenvalue weighted by molar-refractivity contribution is 0.0467. The van der Waals surface area contributed by atoms with Crippen LogP contribution in [-0.2, 0) is 21.4 Å². The van der Waals surface area contributed by atoms with Gasteiger partial charge in [-0.05, 0) is 49.6 Å². The Morgan fingerprint density at radius 3 is 2.58 bits per heavy atom. The van der Waals surface area contributed by atoms with Crippen LogP contribution in [0, 0.1) is 6.92 Å². The molecule has 162 valence electrons. The second kappa shape index (κ2) is 9.03. The zero-order valence-electron chi connectivity index (χ0n) is 17.3. The van der Waals surface area contributed by atoms with Crippen LogP contribution in [0.4, 0.5) is 0 Å². The fourth-order valence-corrected chi connectivity index (χ4v) is 5.33. The highest BCUT2D eigenvalue weighted by Crippen LogP contribution is 2.25. The molecule has 2 aromatic carbocycles. The Morgan fingerprint density at radius 2 is 1.84 bits per heavy atom. The minimum absolute atomic E-state index is 0.0722. The van der Waals surface area contributed by atoms with E-state index in [2.05, 4.69) is 4.98 Å². The Labute approximate surface area is 181 Å². The minimum Gasteiger partial charge on any atom is -0.455 e. The monoisotopic (exact) mass is 440 g/mol. The van der Waals surface area contributed by atoms with Gasteiger partial charge in [-0.3, -0.25) is 0 Å². The van der Waals surface area contributed by atoms with Crippen molar-refractivity contribution >= 4 is 16.0 Å². The summed E-state index contributed by atoms with van der Waals surface area (Å²) in [5.74, 6) is -0.170. The first-order valence-electron chi connectivity index (χ1n) is 10.2. The number of carbonyl (C=O) groups excluding carboxylic acids is 1. The van der Waals surface area contributed by atoms with Crippen LogP contribution >= 0.6 is 0 Å². The van der Waals surface area contributed by atoms with Crippen molar-refractivity contribution in [3.05, 3.63) is 71.6 Å². The lowest BCUT2D eigenvalue weighted by Gasteiger charge is -2.26. The maximum absolute atomic E-state index is 13.1. The average molecular weight is 441 g/mol. The molecule has 0 atom stereocenters. The van der Waals surface area contributed by atoms with E-state index in [1.54, 1.807) is 19.1 Å². The van der Waals surface area contributed by atoms with Gasteiger partial charge >= 0.3 is 5.97 Å². The molecule has 4 rings (SSSR count). The van der Waals surface area contributed by atoms with Gasteiger partial charge < -0.3 is 9.15 Å². The molecule has 1 fully saturated rings. The Kier molecular flexibility index (Phi) is 6.20. The summed E-state index contributed by atoms with van der Waals surface area (Å²) < 4.78 is 38.4. The molecule has 7 nitrogen and oxygen atoms in total. The highest BCUT2D eigenvalue weighted by molar-refractivity contribution is 7.89. The van der Waals surface area contributed by atoms with Gasteiger partial charge in [0.25, 0.3) is 0 Å². The van der Waals surface area contributed by atoms with E-state index in [4.69, 9.17) is 9.15 Å². The van der Waals surface area contributed by atoms with Crippen molar-refractivity contribution in [1.29, 1.82) is 0 Å². The molecule has 0 unspecified atom stereocenters. The molecule has 2 heterocycles. The second-order valence-corrected chi connectivity index (χ2v) is 9.44. The van der Waals surface area contributed by atoms with E-state index in [9.17, 15) is 13.2 Å². The normalized spacial score (nSPS) is 15.0. The predicted octanol–water partition coefficient (Wildman–Crippen LogP) is 4.18. The van der Waals surface area contributed by atoms with Gasteiger partial charge in [-0.2, -0.15) is 4.31 Å². The Bertz CT molecular complexity index is 1170. The summed E-state index contributed by atoms with van der Waals surface area (Å²) in [6.07, 6.45) is 4.17. The van der Waals surface area contributed by atoms with Gasteiger partial charge in [0.15, 0.2) is 0 Å². The largest absolute Gasteiger partial charge is 0.455 e. The number of benzene rings is 2. The van der Waals surface area contributed by atoms with Crippen molar-refractivity contribution in [2.24, 2.45) is 0 Å². The van der Waals surface area contributed by atoms with Crippen LogP contribution in [0.3, 0.4) is 0 Å². The number of rotatable bonds is 6. The fourth-order valence-electron chi connectivity index (χ4n) is 3.56. The second-order valence-electron chi connectivity index (χ2n) is 7.53. The fraction of sp³-hybridized carbons (Fsp3) is 0.304. The zero-order valence-corrected chi connectivity index (χ0v) is 18.1. The summed E-state index contributed by atoms with van der Waals surface area (Å²) in [4.78, 5) is 17.1. The molecular weight excluding hydrogens is 416 g/mol. The van der Waals surface area contributed by atoms with Gasteiger partial charge in [0.05, 0.1) is 10.5 Å². The molecule has 1 aliphatic heterocycles. The van der Waals surface area contributed by atoms with E-state index in [-0.39, 0.29) is 17.1 Å². The Balaban J connectivity index is 1.47. The van der Waals surface area contributed by atoms with E-state index < -0.39 is 16.0 Å². The molecule has 0 bridgehead atoms. The number of aromatic nitrogens is 1. The first-order chi connectivity index (χ1) is 14.9. The molecular formula is C23H24N2O5S. The quantitative estimate of drug-likeness (QED) is 0.534. The number of oxazole rings is 1. The van der Waals surface area contributed by atoms with Gasteiger partial charge in [-0.15, -0.1) is 0 Å². The number of ether oxygens (including phenoxy) is 1. The van der Waals surface area contributed by atoms with Crippen LogP contribution in [0.1, 0.15) is 40.9 Å². The van der Waals surface area contributed by atoms with Crippen molar-refractivity contribution < 1.29 is 22.4 Å². The maximum Gasteiger partial charge on any atom is 0.338 e. The van der Waals surface area contributed by atoms with Gasteiger partial charge in [0, 0.05) is 18.7 Å². The molecule has 1 saturated heterocycles. The number of piperidine rings is 1. The van der Waals surface area contributed by atoms with Crippen LogP contribution in [0.2, 0.25) is 0 Å². The van der Waals surface area contributed by atoms with E-state index in [0.29, 0.717) is 30.2 Å². The highest BCUT2D eigenvalue weighted by Gasteiger charge is 2.28. The maximum atomic E-state index is 13.1. The summed E-state index contributed by atoms with van der Waals surface area (Å²) >= 11 is 0. The van der Waals surface area contributed by atoms with Crippen molar-refractivity contribution in [3.63, 3.8) is 0 Å². The van der Waals surface area contributed by atoms with Crippen LogP contribution < -0.4 is 0 Å². The molecule has 31 heavy (non-hydrogen) atoms. The topological polar surface area (TPSA) is 89.7 Å². The lowest BCUT2D eigenvalue weighted by atomic mass is 10.1. The van der Waals surface area contributed by atoms with Crippen molar-refractivity contribution in [3.8, 4) is 11.5 Å². The van der Waals surface area contributed by atoms with Crippen LogP contribution in [0.5, 0.6) is 0 Å². The predicted molar refractivity (Wildman–Crippen MR) is 115 cm³/mol. The van der Waals surface area contributed by atoms with Crippen molar-refractivity contribution in [1.82, 2.24) is 9.29 Å². The molecule has 0 spiro atoms. The third kappa shape index (κ3) is 4.70. The van der Waals surface area contributed by atoms with Gasteiger partial charge in [0.1, 0.15) is 18.6 Å². The van der Waals surface area contributed by atoms with Crippen molar-refractivity contribution in [2.75, 3.05) is 13.1 Å². The third-order valence-corrected chi connectivity index (χ3v) is 7.32. The van der Waals surface area contributed by atoms with E-state index >= 15 is 0 Å². The molecule has 0 radical (unpaired) electrons. The van der Waals surface area contributed by atoms with E-state index in [1.165, 1.54) is 16.6 Å². The number of carbonyl (C=O) groups is 1. The Hall–Kier alpha value is -2.97. The number of esters is 1. The molecule has 0 amide bonds. The lowest BCUT2D eigenvalue weighted by Crippen LogP contribution is -2.36. The SMILES string of the molecule is Cc1ccc(C(=O)OCc2coc(-c3ccccc3)n2)cc1S(=O)(=O)N1CCCCC1. The summed E-state index contributed by atoms with van der Waals surface area (Å²) in [6.45, 7) is 2.67. The first-order valence-corrected chi connectivity index (χ1v) is 11.7. The molecule has 0 aliphatic carbocycles. The van der Waals surface area contributed by atoms with Gasteiger partial charge in [0.2, 0.25) is 15.9 Å². The van der Waals surface area contributed by atoms with Crippen LogP contribution in [0.15, 0.2) is 64.1 Å². The van der Waals surface area contributed by atoms with E-state index in [0.717, 1.165) is 24.8 Å². The Morgan fingerprint density at radius 1 is 1.10 bits per heavy atom. The molecule has 1 aliphatic rings. The number of hydrogen-bond donors (Lipinski definition) is 0. The van der Waals surface area contributed by atoms with Gasteiger partial charge in [-0.1, -0.05) is 30.7 Å². The number of sulfonamides is 1. The zero-order chi connectivity index (χ0) is 21.8. The summed E-state index contributed by atoms with van der Waals surface area (Å²) in [6, 6.07) is 14.0. The molecule has 8 heteroatoms. The minimum atomic E-state index is -3.64. The molecule has 0 N–H and O–H groups in total. The third-order valence-electron chi connectivity index (χ3n) is 5.28. The van der Waals surface area contributed by atoms with Crippen molar-refractivity contribution in [2.45, 2.75) is 37.7 Å². The number of aryl methyl sites for hydroxylation is 1. The standard InChI is InChI=1S/C23H24N2O5S/c1-17-10-11-19(14-21(17)31(27,28)25-12-6-3-7-13-25)23(26)30-16-20-15-29-22(24-20)18-8-4-2-5-9-18/h2,4-5,8-11,14-15H,3,6-7,12-13,16H2,1H3. The van der Waals surface area contributed by atoms with Gasteiger partial charge in [-0.25, -0.2) is 18.2 Å². The number of nitrogens with zero attached hydrogens (tertiary/aromatic N) is 2. The smallest absolute Gasteiger partial charge is 0.338 e. The number of hydrogen-bond acceptors (Lipinski definition) is 6. The highest BCUT2D eigenvalue weighted by atomic mass is 32.2. The van der Waals surface area contributed by atoms with Crippen LogP contribution in [0.25, 0.3) is 11.5 Å². The molecule has 3 aromatic rings.